The van der Waals surface area contributed by atoms with Gasteiger partial charge in [0, 0.05) is 19.2 Å². The predicted molar refractivity (Wildman–Crippen MR) is 101 cm³/mol. The molecule has 0 saturated heterocycles. The van der Waals surface area contributed by atoms with Crippen molar-refractivity contribution in [2.45, 2.75) is 13.5 Å². The Kier molecular flexibility index (Phi) is 5.09. The van der Waals surface area contributed by atoms with Crippen LogP contribution in [0.1, 0.15) is 17.3 Å². The molecule has 0 aliphatic carbocycles. The molecule has 0 saturated carbocycles. The molecule has 0 fully saturated rings. The SMILES string of the molecule is C=CCn1c(=NC(=O)c2ccccc2F)sc2cc(NC(C)=O)ccc21. The molecular weight excluding hydrogens is 353 g/mol. The van der Waals surface area contributed by atoms with Crippen molar-refractivity contribution in [2.24, 2.45) is 4.99 Å². The predicted octanol–water partition coefficient (Wildman–Crippen LogP) is 3.73. The number of amides is 2. The Hall–Kier alpha value is -3.06. The van der Waals surface area contributed by atoms with Crippen LogP contribution < -0.4 is 10.1 Å². The second-order valence-electron chi connectivity index (χ2n) is 5.54. The zero-order valence-electron chi connectivity index (χ0n) is 14.0. The van der Waals surface area contributed by atoms with E-state index in [1.165, 1.54) is 36.5 Å². The number of carbonyl (C=O) groups is 2. The summed E-state index contributed by atoms with van der Waals surface area (Å²) in [5.74, 6) is -1.42. The van der Waals surface area contributed by atoms with Crippen molar-refractivity contribution in [3.8, 4) is 0 Å². The summed E-state index contributed by atoms with van der Waals surface area (Å²) >= 11 is 1.29. The van der Waals surface area contributed by atoms with Crippen molar-refractivity contribution in [1.29, 1.82) is 0 Å². The van der Waals surface area contributed by atoms with Crippen molar-refractivity contribution in [3.63, 3.8) is 0 Å². The molecule has 1 heterocycles. The Labute approximate surface area is 153 Å². The van der Waals surface area contributed by atoms with Crippen LogP contribution in [-0.4, -0.2) is 16.4 Å². The van der Waals surface area contributed by atoms with Gasteiger partial charge in [-0.05, 0) is 30.3 Å². The third-order valence-corrected chi connectivity index (χ3v) is 4.66. The standard InChI is InChI=1S/C19H16FN3O2S/c1-3-10-23-16-9-8-13(21-12(2)24)11-17(16)26-19(23)22-18(25)14-6-4-5-7-15(14)20/h3-9,11H,1,10H2,2H3,(H,21,24). The van der Waals surface area contributed by atoms with Gasteiger partial charge in [0.25, 0.3) is 5.91 Å². The molecule has 0 atom stereocenters. The van der Waals surface area contributed by atoms with Gasteiger partial charge in [0.1, 0.15) is 5.82 Å². The van der Waals surface area contributed by atoms with Crippen molar-refractivity contribution in [1.82, 2.24) is 4.57 Å². The smallest absolute Gasteiger partial charge is 0.282 e. The van der Waals surface area contributed by atoms with Crippen molar-refractivity contribution in [2.75, 3.05) is 5.32 Å². The average Bonchev–Trinajstić information content (AvgIpc) is 2.91. The molecule has 0 bridgehead atoms. The number of allylic oxidation sites excluding steroid dienone is 1. The number of thiazole rings is 1. The van der Waals surface area contributed by atoms with Crippen LogP contribution in [0.15, 0.2) is 60.1 Å². The van der Waals surface area contributed by atoms with E-state index in [0.29, 0.717) is 17.0 Å². The number of aromatic nitrogens is 1. The maximum Gasteiger partial charge on any atom is 0.282 e. The molecule has 0 aliphatic heterocycles. The van der Waals surface area contributed by atoms with E-state index < -0.39 is 11.7 Å². The van der Waals surface area contributed by atoms with Crippen molar-refractivity contribution < 1.29 is 14.0 Å². The quantitative estimate of drug-likeness (QED) is 0.712. The molecule has 7 heteroatoms. The van der Waals surface area contributed by atoms with Gasteiger partial charge in [-0.2, -0.15) is 4.99 Å². The Morgan fingerprint density at radius 2 is 2.08 bits per heavy atom. The lowest BCUT2D eigenvalue weighted by Gasteiger charge is -2.04. The Balaban J connectivity index is 2.13. The van der Waals surface area contributed by atoms with Gasteiger partial charge in [0.2, 0.25) is 5.91 Å². The van der Waals surface area contributed by atoms with Gasteiger partial charge in [-0.3, -0.25) is 9.59 Å². The van der Waals surface area contributed by atoms with Crippen molar-refractivity contribution >= 4 is 39.1 Å². The molecule has 0 spiro atoms. The highest BCUT2D eigenvalue weighted by Gasteiger charge is 2.12. The van der Waals surface area contributed by atoms with E-state index in [9.17, 15) is 14.0 Å². The maximum atomic E-state index is 13.8. The van der Waals surface area contributed by atoms with Crippen LogP contribution in [0.5, 0.6) is 0 Å². The van der Waals surface area contributed by atoms with E-state index in [1.54, 1.807) is 18.2 Å². The summed E-state index contributed by atoms with van der Waals surface area (Å²) in [5, 5.41) is 2.72. The number of fused-ring (bicyclic) bond motifs is 1. The molecule has 1 N–H and O–H groups in total. The Morgan fingerprint density at radius 1 is 1.31 bits per heavy atom. The zero-order chi connectivity index (χ0) is 18.7. The largest absolute Gasteiger partial charge is 0.326 e. The summed E-state index contributed by atoms with van der Waals surface area (Å²) in [6.07, 6.45) is 1.69. The zero-order valence-corrected chi connectivity index (χ0v) is 14.8. The Morgan fingerprint density at radius 3 is 2.77 bits per heavy atom. The van der Waals surface area contributed by atoms with Crippen LogP contribution in [0.25, 0.3) is 10.2 Å². The first-order valence-corrected chi connectivity index (χ1v) is 8.66. The molecular formula is C19H16FN3O2S. The lowest BCUT2D eigenvalue weighted by Crippen LogP contribution is -2.16. The number of hydrogen-bond donors (Lipinski definition) is 1. The molecule has 26 heavy (non-hydrogen) atoms. The van der Waals surface area contributed by atoms with Gasteiger partial charge >= 0.3 is 0 Å². The minimum absolute atomic E-state index is 0.0750. The van der Waals surface area contributed by atoms with Crippen LogP contribution in [0, 0.1) is 5.82 Å². The first-order chi connectivity index (χ1) is 12.5. The second-order valence-corrected chi connectivity index (χ2v) is 6.55. The van der Waals surface area contributed by atoms with Gasteiger partial charge in [0.15, 0.2) is 4.80 Å². The highest BCUT2D eigenvalue weighted by Crippen LogP contribution is 2.22. The maximum absolute atomic E-state index is 13.8. The van der Waals surface area contributed by atoms with Gasteiger partial charge in [-0.25, -0.2) is 4.39 Å². The molecule has 2 aromatic carbocycles. The number of carbonyl (C=O) groups excluding carboxylic acids is 2. The summed E-state index contributed by atoms with van der Waals surface area (Å²) in [7, 11) is 0. The minimum atomic E-state index is -0.644. The number of nitrogens with one attached hydrogen (secondary N) is 1. The number of hydrogen-bond acceptors (Lipinski definition) is 3. The summed E-state index contributed by atoms with van der Waals surface area (Å²) in [6.45, 7) is 5.61. The van der Waals surface area contributed by atoms with Crippen LogP contribution in [0.4, 0.5) is 10.1 Å². The summed E-state index contributed by atoms with van der Waals surface area (Å²) in [4.78, 5) is 28.2. The molecule has 0 radical (unpaired) electrons. The van der Waals surface area contributed by atoms with Crippen LogP contribution in [-0.2, 0) is 11.3 Å². The fraction of sp³-hybridized carbons (Fsp3) is 0.105. The summed E-state index contributed by atoms with van der Waals surface area (Å²) < 4.78 is 16.5. The fourth-order valence-electron chi connectivity index (χ4n) is 2.53. The molecule has 2 amide bonds. The number of nitrogens with zero attached hydrogens (tertiary/aromatic N) is 2. The number of benzene rings is 2. The lowest BCUT2D eigenvalue weighted by molar-refractivity contribution is -0.114. The topological polar surface area (TPSA) is 63.5 Å². The fourth-order valence-corrected chi connectivity index (χ4v) is 3.60. The second kappa shape index (κ2) is 7.45. The van der Waals surface area contributed by atoms with E-state index in [0.717, 1.165) is 10.2 Å². The van der Waals surface area contributed by atoms with Gasteiger partial charge < -0.3 is 9.88 Å². The monoisotopic (exact) mass is 369 g/mol. The third-order valence-electron chi connectivity index (χ3n) is 3.62. The minimum Gasteiger partial charge on any atom is -0.326 e. The summed E-state index contributed by atoms with van der Waals surface area (Å²) in [6, 6.07) is 11.2. The van der Waals surface area contributed by atoms with E-state index in [2.05, 4.69) is 16.9 Å². The molecule has 132 valence electrons. The number of rotatable bonds is 4. The third kappa shape index (κ3) is 3.62. The Bertz CT molecular complexity index is 1080. The highest BCUT2D eigenvalue weighted by molar-refractivity contribution is 7.16. The van der Waals surface area contributed by atoms with Crippen LogP contribution in [0.2, 0.25) is 0 Å². The van der Waals surface area contributed by atoms with Crippen LogP contribution >= 0.6 is 11.3 Å². The van der Waals surface area contributed by atoms with Gasteiger partial charge in [-0.15, -0.1) is 6.58 Å². The van der Waals surface area contributed by atoms with Gasteiger partial charge in [-0.1, -0.05) is 29.5 Å². The average molecular weight is 369 g/mol. The first-order valence-electron chi connectivity index (χ1n) is 7.85. The van der Waals surface area contributed by atoms with E-state index in [4.69, 9.17) is 0 Å². The molecule has 5 nitrogen and oxygen atoms in total. The lowest BCUT2D eigenvalue weighted by atomic mass is 10.2. The van der Waals surface area contributed by atoms with Crippen molar-refractivity contribution in [3.05, 3.63) is 71.3 Å². The highest BCUT2D eigenvalue weighted by atomic mass is 32.1. The molecule has 3 rings (SSSR count). The van der Waals surface area contributed by atoms with Gasteiger partial charge in [0.05, 0.1) is 15.8 Å². The normalized spacial score (nSPS) is 11.5. The number of halogens is 1. The molecule has 1 aromatic heterocycles. The molecule has 3 aromatic rings. The molecule has 0 unspecified atom stereocenters. The number of anilines is 1. The van der Waals surface area contributed by atoms with E-state index in [1.807, 2.05) is 16.7 Å². The van der Waals surface area contributed by atoms with Crippen LogP contribution in [0.3, 0.4) is 0 Å². The molecule has 0 aliphatic rings. The summed E-state index contributed by atoms with van der Waals surface area (Å²) in [5.41, 5.74) is 1.43. The van der Waals surface area contributed by atoms with E-state index >= 15 is 0 Å². The first kappa shape index (κ1) is 17.8. The van der Waals surface area contributed by atoms with E-state index in [-0.39, 0.29) is 11.5 Å².